The van der Waals surface area contributed by atoms with Gasteiger partial charge in [-0.1, -0.05) is 23.4 Å². The number of oxime groups is 1. The van der Waals surface area contributed by atoms with Crippen molar-refractivity contribution in [2.45, 2.75) is 13.3 Å². The minimum absolute atomic E-state index is 0.681. The first-order chi connectivity index (χ1) is 6.81. The molecular formula is C11H12N2O. The first-order valence-corrected chi connectivity index (χ1v) is 4.54. The van der Waals surface area contributed by atoms with Crippen molar-refractivity contribution in [1.82, 2.24) is 4.98 Å². The molecule has 0 spiro atoms. The molecule has 1 aromatic carbocycles. The van der Waals surface area contributed by atoms with Gasteiger partial charge in [-0.15, -0.1) is 0 Å². The van der Waals surface area contributed by atoms with E-state index in [4.69, 9.17) is 5.21 Å². The van der Waals surface area contributed by atoms with Crippen molar-refractivity contribution in [3.63, 3.8) is 0 Å². The van der Waals surface area contributed by atoms with Crippen LogP contribution in [-0.2, 0) is 6.42 Å². The molecule has 0 radical (unpaired) electrons. The molecule has 3 nitrogen and oxygen atoms in total. The molecule has 2 rings (SSSR count). The predicted molar refractivity (Wildman–Crippen MR) is 56.9 cm³/mol. The molecule has 0 saturated carbocycles. The van der Waals surface area contributed by atoms with E-state index in [1.165, 1.54) is 5.39 Å². The van der Waals surface area contributed by atoms with Crippen LogP contribution >= 0.6 is 0 Å². The minimum Gasteiger partial charge on any atom is -0.411 e. The van der Waals surface area contributed by atoms with E-state index >= 15 is 0 Å². The second-order valence-corrected chi connectivity index (χ2v) is 3.37. The molecule has 3 heteroatoms. The minimum atomic E-state index is 0.681. The van der Waals surface area contributed by atoms with Crippen molar-refractivity contribution in [2.24, 2.45) is 5.16 Å². The lowest BCUT2D eigenvalue weighted by molar-refractivity contribution is 0.317. The summed E-state index contributed by atoms with van der Waals surface area (Å²) >= 11 is 0. The first-order valence-electron chi connectivity index (χ1n) is 4.54. The van der Waals surface area contributed by atoms with E-state index in [9.17, 15) is 0 Å². The van der Waals surface area contributed by atoms with Crippen LogP contribution in [0.4, 0.5) is 0 Å². The number of nitrogens with zero attached hydrogens (tertiary/aromatic N) is 1. The van der Waals surface area contributed by atoms with Gasteiger partial charge in [-0.3, -0.25) is 0 Å². The number of fused-ring (bicyclic) bond motifs is 1. The van der Waals surface area contributed by atoms with Gasteiger partial charge in [0.25, 0.3) is 0 Å². The van der Waals surface area contributed by atoms with Gasteiger partial charge in [-0.2, -0.15) is 0 Å². The van der Waals surface area contributed by atoms with Gasteiger partial charge in [0.1, 0.15) is 0 Å². The Labute approximate surface area is 82.1 Å². The Bertz CT molecular complexity index is 471. The summed E-state index contributed by atoms with van der Waals surface area (Å²) in [5.74, 6) is 0. The summed E-state index contributed by atoms with van der Waals surface area (Å²) in [6.45, 7) is 1.81. The second-order valence-electron chi connectivity index (χ2n) is 3.37. The highest BCUT2D eigenvalue weighted by Gasteiger charge is 2.03. The SMILES string of the molecule is CC(Cc1c[nH]c2ccccc12)=NO. The Morgan fingerprint density at radius 1 is 1.43 bits per heavy atom. The quantitative estimate of drug-likeness (QED) is 0.424. The van der Waals surface area contributed by atoms with Gasteiger partial charge in [0, 0.05) is 23.5 Å². The number of aromatic nitrogens is 1. The normalized spacial score (nSPS) is 12.2. The van der Waals surface area contributed by atoms with Gasteiger partial charge in [0.2, 0.25) is 0 Å². The molecule has 14 heavy (non-hydrogen) atoms. The molecule has 0 aliphatic heterocycles. The van der Waals surface area contributed by atoms with Gasteiger partial charge in [-0.05, 0) is 18.6 Å². The smallest absolute Gasteiger partial charge is 0.0584 e. The van der Waals surface area contributed by atoms with E-state index in [1.807, 2.05) is 31.3 Å². The molecule has 72 valence electrons. The molecule has 0 unspecified atom stereocenters. The zero-order chi connectivity index (χ0) is 9.97. The average molecular weight is 188 g/mol. The van der Waals surface area contributed by atoms with Crippen LogP contribution in [0.25, 0.3) is 10.9 Å². The standard InChI is InChI=1S/C11H12N2O/c1-8(13-14)6-9-7-12-11-5-3-2-4-10(9)11/h2-5,7,12,14H,6H2,1H3. The third-order valence-electron chi connectivity index (χ3n) is 2.29. The van der Waals surface area contributed by atoms with E-state index in [2.05, 4.69) is 16.2 Å². The highest BCUT2D eigenvalue weighted by Crippen LogP contribution is 2.18. The van der Waals surface area contributed by atoms with Crippen molar-refractivity contribution in [2.75, 3.05) is 0 Å². The molecule has 0 atom stereocenters. The fraction of sp³-hybridized carbons (Fsp3) is 0.182. The van der Waals surface area contributed by atoms with Crippen LogP contribution in [0.3, 0.4) is 0 Å². The third kappa shape index (κ3) is 1.48. The van der Waals surface area contributed by atoms with Gasteiger partial charge < -0.3 is 10.2 Å². The Kier molecular flexibility index (Phi) is 2.23. The average Bonchev–Trinajstić information content (AvgIpc) is 2.62. The summed E-state index contributed by atoms with van der Waals surface area (Å²) in [5, 5.41) is 12.9. The Hall–Kier alpha value is -1.77. The molecule has 0 aliphatic carbocycles. The van der Waals surface area contributed by atoms with E-state index in [1.54, 1.807) is 0 Å². The monoisotopic (exact) mass is 188 g/mol. The largest absolute Gasteiger partial charge is 0.411 e. The fourth-order valence-electron chi connectivity index (χ4n) is 1.59. The van der Waals surface area contributed by atoms with E-state index in [0.717, 1.165) is 16.8 Å². The first kappa shape index (κ1) is 8.81. The van der Waals surface area contributed by atoms with E-state index in [-0.39, 0.29) is 0 Å². The molecule has 0 bridgehead atoms. The molecule has 0 fully saturated rings. The molecule has 0 saturated heterocycles. The topological polar surface area (TPSA) is 48.4 Å². The Morgan fingerprint density at radius 3 is 3.00 bits per heavy atom. The number of hydrogen-bond acceptors (Lipinski definition) is 2. The van der Waals surface area contributed by atoms with Crippen LogP contribution in [0, 0.1) is 0 Å². The van der Waals surface area contributed by atoms with E-state index < -0.39 is 0 Å². The van der Waals surface area contributed by atoms with Gasteiger partial charge in [-0.25, -0.2) is 0 Å². The number of H-pyrrole nitrogens is 1. The summed E-state index contributed by atoms with van der Waals surface area (Å²) in [7, 11) is 0. The highest BCUT2D eigenvalue weighted by atomic mass is 16.4. The molecule has 1 aromatic heterocycles. The zero-order valence-corrected chi connectivity index (χ0v) is 7.99. The Balaban J connectivity index is 2.43. The summed E-state index contributed by atoms with van der Waals surface area (Å²) in [6, 6.07) is 8.09. The van der Waals surface area contributed by atoms with Crippen LogP contribution in [0.2, 0.25) is 0 Å². The number of hydrogen-bond donors (Lipinski definition) is 2. The molecule has 2 N–H and O–H groups in total. The predicted octanol–water partition coefficient (Wildman–Crippen LogP) is 2.56. The number of para-hydroxylation sites is 1. The van der Waals surface area contributed by atoms with Crippen molar-refractivity contribution >= 4 is 16.6 Å². The molecule has 0 aliphatic rings. The van der Waals surface area contributed by atoms with Crippen molar-refractivity contribution in [3.8, 4) is 0 Å². The summed E-state index contributed by atoms with van der Waals surface area (Å²) in [4.78, 5) is 3.18. The summed E-state index contributed by atoms with van der Waals surface area (Å²) in [6.07, 6.45) is 2.64. The highest BCUT2D eigenvalue weighted by molar-refractivity contribution is 5.90. The molecular weight excluding hydrogens is 176 g/mol. The summed E-state index contributed by atoms with van der Waals surface area (Å²) < 4.78 is 0. The lowest BCUT2D eigenvalue weighted by Crippen LogP contribution is -1.95. The van der Waals surface area contributed by atoms with E-state index in [0.29, 0.717) is 6.42 Å². The fourth-order valence-corrected chi connectivity index (χ4v) is 1.59. The number of rotatable bonds is 2. The lowest BCUT2D eigenvalue weighted by atomic mass is 10.1. The van der Waals surface area contributed by atoms with Gasteiger partial charge >= 0.3 is 0 Å². The zero-order valence-electron chi connectivity index (χ0n) is 7.99. The third-order valence-corrected chi connectivity index (χ3v) is 2.29. The number of benzene rings is 1. The summed E-state index contributed by atoms with van der Waals surface area (Å²) in [5.41, 5.74) is 3.00. The van der Waals surface area contributed by atoms with Crippen molar-refractivity contribution in [3.05, 3.63) is 36.0 Å². The number of nitrogens with one attached hydrogen (secondary N) is 1. The maximum absolute atomic E-state index is 8.58. The van der Waals surface area contributed by atoms with Gasteiger partial charge in [0.15, 0.2) is 0 Å². The second kappa shape index (κ2) is 3.54. The number of aromatic amines is 1. The van der Waals surface area contributed by atoms with Crippen molar-refractivity contribution < 1.29 is 5.21 Å². The van der Waals surface area contributed by atoms with Crippen LogP contribution < -0.4 is 0 Å². The molecule has 1 heterocycles. The van der Waals surface area contributed by atoms with Crippen LogP contribution in [-0.4, -0.2) is 15.9 Å². The lowest BCUT2D eigenvalue weighted by Gasteiger charge is -1.96. The Morgan fingerprint density at radius 2 is 2.21 bits per heavy atom. The molecule has 2 aromatic rings. The van der Waals surface area contributed by atoms with Crippen LogP contribution in [0.1, 0.15) is 12.5 Å². The van der Waals surface area contributed by atoms with Crippen LogP contribution in [0.5, 0.6) is 0 Å². The maximum Gasteiger partial charge on any atom is 0.0584 e. The van der Waals surface area contributed by atoms with Crippen molar-refractivity contribution in [1.29, 1.82) is 0 Å². The maximum atomic E-state index is 8.58. The van der Waals surface area contributed by atoms with Gasteiger partial charge in [0.05, 0.1) is 5.71 Å². The molecule has 0 amide bonds. The van der Waals surface area contributed by atoms with Crippen LogP contribution in [0.15, 0.2) is 35.6 Å².